The summed E-state index contributed by atoms with van der Waals surface area (Å²) in [5.74, 6) is 0.426. The highest BCUT2D eigenvalue weighted by molar-refractivity contribution is 4.88. The van der Waals surface area contributed by atoms with Gasteiger partial charge in [0.25, 0.3) is 0 Å². The Morgan fingerprint density at radius 1 is 1.00 bits per heavy atom. The summed E-state index contributed by atoms with van der Waals surface area (Å²) in [6.07, 6.45) is 8.43. The lowest BCUT2D eigenvalue weighted by Gasteiger charge is -2.29. The summed E-state index contributed by atoms with van der Waals surface area (Å²) in [6, 6.07) is 0. The number of allylic oxidation sites excluding steroid dienone is 2. The van der Waals surface area contributed by atoms with E-state index < -0.39 is 0 Å². The molecule has 14 heavy (non-hydrogen) atoms. The molecule has 2 heteroatoms. The molecule has 0 spiro atoms. The van der Waals surface area contributed by atoms with Crippen LogP contribution in [-0.4, -0.2) is 13.2 Å². The number of hydrogen-bond donors (Lipinski definition) is 0. The third-order valence-corrected chi connectivity index (χ3v) is 2.48. The molecule has 1 aliphatic rings. The van der Waals surface area contributed by atoms with Gasteiger partial charge in [0.15, 0.2) is 0 Å². The predicted molar refractivity (Wildman–Crippen MR) is 57.7 cm³/mol. The summed E-state index contributed by atoms with van der Waals surface area (Å²) in [5, 5.41) is 0. The van der Waals surface area contributed by atoms with E-state index in [0.29, 0.717) is 5.92 Å². The minimum absolute atomic E-state index is 0.223. The van der Waals surface area contributed by atoms with E-state index in [1.807, 2.05) is 12.2 Å². The largest absolute Gasteiger partial charge is 0.501 e. The van der Waals surface area contributed by atoms with Crippen molar-refractivity contribution in [1.29, 1.82) is 0 Å². The van der Waals surface area contributed by atoms with Crippen LogP contribution in [0.5, 0.6) is 0 Å². The van der Waals surface area contributed by atoms with Crippen LogP contribution in [0.4, 0.5) is 0 Å². The third-order valence-electron chi connectivity index (χ3n) is 2.48. The van der Waals surface area contributed by atoms with E-state index in [2.05, 4.69) is 20.8 Å². The highest BCUT2D eigenvalue weighted by atomic mass is 16.5. The molecule has 0 aromatic rings. The Labute approximate surface area is 86.6 Å². The fourth-order valence-electron chi connectivity index (χ4n) is 1.22. The first kappa shape index (κ1) is 11.2. The van der Waals surface area contributed by atoms with Crippen molar-refractivity contribution in [3.8, 4) is 0 Å². The van der Waals surface area contributed by atoms with Gasteiger partial charge >= 0.3 is 0 Å². The zero-order valence-electron chi connectivity index (χ0n) is 9.32. The van der Waals surface area contributed by atoms with Gasteiger partial charge in [-0.1, -0.05) is 20.8 Å². The lowest BCUT2D eigenvalue weighted by atomic mass is 9.82. The minimum Gasteiger partial charge on any atom is -0.501 e. The standard InChI is InChI=1S/C12H20O2/c1-12(2,3)11-9-13-7-5-4-6-8-14-10-11/h5-8,11H,4,9-10H2,1-3H3. The van der Waals surface area contributed by atoms with Gasteiger partial charge in [-0.25, -0.2) is 0 Å². The molecule has 80 valence electrons. The molecule has 2 nitrogen and oxygen atoms in total. The van der Waals surface area contributed by atoms with Gasteiger partial charge in [-0.15, -0.1) is 0 Å². The topological polar surface area (TPSA) is 18.5 Å². The van der Waals surface area contributed by atoms with Gasteiger partial charge in [-0.3, -0.25) is 0 Å². The molecule has 0 unspecified atom stereocenters. The molecule has 1 rings (SSSR count). The van der Waals surface area contributed by atoms with Crippen molar-refractivity contribution >= 4 is 0 Å². The van der Waals surface area contributed by atoms with Gasteiger partial charge in [0.05, 0.1) is 25.7 Å². The number of ether oxygens (including phenoxy) is 2. The van der Waals surface area contributed by atoms with Crippen LogP contribution in [-0.2, 0) is 9.47 Å². The van der Waals surface area contributed by atoms with Gasteiger partial charge in [0.1, 0.15) is 0 Å². The third kappa shape index (κ3) is 3.86. The predicted octanol–water partition coefficient (Wildman–Crippen LogP) is 3.11. The molecule has 0 aromatic heterocycles. The molecule has 1 heterocycles. The molecule has 1 aliphatic heterocycles. The lowest BCUT2D eigenvalue weighted by Crippen LogP contribution is -2.28. The van der Waals surface area contributed by atoms with Crippen molar-refractivity contribution in [2.24, 2.45) is 11.3 Å². The highest BCUT2D eigenvalue weighted by Gasteiger charge is 2.25. The summed E-state index contributed by atoms with van der Waals surface area (Å²) in [7, 11) is 0. The average Bonchev–Trinajstić information content (AvgIpc) is 2.12. The van der Waals surface area contributed by atoms with E-state index in [-0.39, 0.29) is 5.41 Å². The Hall–Kier alpha value is -0.920. The first-order valence-electron chi connectivity index (χ1n) is 5.14. The molecule has 0 aliphatic carbocycles. The summed E-state index contributed by atoms with van der Waals surface area (Å²) < 4.78 is 10.9. The van der Waals surface area contributed by atoms with E-state index in [1.54, 1.807) is 12.5 Å². The quantitative estimate of drug-likeness (QED) is 0.592. The van der Waals surface area contributed by atoms with Crippen molar-refractivity contribution < 1.29 is 9.47 Å². The Morgan fingerprint density at radius 3 is 1.93 bits per heavy atom. The molecule has 0 atom stereocenters. The van der Waals surface area contributed by atoms with Crippen LogP contribution >= 0.6 is 0 Å². The van der Waals surface area contributed by atoms with Gasteiger partial charge in [-0.05, 0) is 24.0 Å². The minimum atomic E-state index is 0.223. The Morgan fingerprint density at radius 2 is 1.50 bits per heavy atom. The molecule has 0 radical (unpaired) electrons. The average molecular weight is 196 g/mol. The molecule has 0 N–H and O–H groups in total. The molecule has 0 aromatic carbocycles. The highest BCUT2D eigenvalue weighted by Crippen LogP contribution is 2.26. The summed E-state index contributed by atoms with van der Waals surface area (Å²) in [4.78, 5) is 0. The Balaban J connectivity index is 2.54. The maximum absolute atomic E-state index is 5.45. The second kappa shape index (κ2) is 5.08. The van der Waals surface area contributed by atoms with E-state index in [1.165, 1.54) is 0 Å². The first-order valence-corrected chi connectivity index (χ1v) is 5.14. The van der Waals surface area contributed by atoms with Crippen molar-refractivity contribution in [3.05, 3.63) is 24.7 Å². The van der Waals surface area contributed by atoms with Crippen LogP contribution in [0, 0.1) is 11.3 Å². The van der Waals surface area contributed by atoms with Gasteiger partial charge < -0.3 is 9.47 Å². The van der Waals surface area contributed by atoms with Crippen LogP contribution in [0.25, 0.3) is 0 Å². The second-order valence-corrected chi connectivity index (χ2v) is 4.71. The summed E-state index contributed by atoms with van der Waals surface area (Å²) in [6.45, 7) is 8.10. The Bertz CT molecular complexity index is 195. The van der Waals surface area contributed by atoms with Crippen molar-refractivity contribution in [2.75, 3.05) is 13.2 Å². The van der Waals surface area contributed by atoms with Gasteiger partial charge in [0.2, 0.25) is 0 Å². The second-order valence-electron chi connectivity index (χ2n) is 4.71. The lowest BCUT2D eigenvalue weighted by molar-refractivity contribution is 0.0548. The van der Waals surface area contributed by atoms with Crippen molar-refractivity contribution in [3.63, 3.8) is 0 Å². The van der Waals surface area contributed by atoms with E-state index in [4.69, 9.17) is 9.47 Å². The van der Waals surface area contributed by atoms with Crippen LogP contribution in [0.15, 0.2) is 24.7 Å². The molecular formula is C12H20O2. The van der Waals surface area contributed by atoms with Crippen molar-refractivity contribution in [2.45, 2.75) is 27.2 Å². The molecule has 0 amide bonds. The molecule has 0 fully saturated rings. The van der Waals surface area contributed by atoms with Crippen LogP contribution < -0.4 is 0 Å². The first-order chi connectivity index (χ1) is 6.61. The van der Waals surface area contributed by atoms with Crippen molar-refractivity contribution in [1.82, 2.24) is 0 Å². The van der Waals surface area contributed by atoms with Gasteiger partial charge in [0, 0.05) is 5.92 Å². The fourth-order valence-corrected chi connectivity index (χ4v) is 1.22. The monoisotopic (exact) mass is 196 g/mol. The zero-order chi connectivity index (χ0) is 10.4. The maximum Gasteiger partial charge on any atom is 0.0938 e. The zero-order valence-corrected chi connectivity index (χ0v) is 9.32. The normalized spacial score (nSPS) is 23.8. The molecule has 0 bridgehead atoms. The number of hydrogen-bond acceptors (Lipinski definition) is 2. The SMILES string of the molecule is CC(C)(C)C1COC=CCC=COC1. The molecular weight excluding hydrogens is 176 g/mol. The van der Waals surface area contributed by atoms with E-state index in [9.17, 15) is 0 Å². The molecule has 0 saturated heterocycles. The maximum atomic E-state index is 5.45. The van der Waals surface area contributed by atoms with E-state index >= 15 is 0 Å². The smallest absolute Gasteiger partial charge is 0.0938 e. The fraction of sp³-hybridized carbons (Fsp3) is 0.667. The van der Waals surface area contributed by atoms with Crippen LogP contribution in [0.3, 0.4) is 0 Å². The molecule has 0 saturated carbocycles. The summed E-state index contributed by atoms with van der Waals surface area (Å²) in [5.41, 5.74) is 0.223. The number of rotatable bonds is 0. The van der Waals surface area contributed by atoms with Crippen LogP contribution in [0.2, 0.25) is 0 Å². The van der Waals surface area contributed by atoms with Gasteiger partial charge in [-0.2, -0.15) is 0 Å². The Kier molecular flexibility index (Phi) is 4.05. The van der Waals surface area contributed by atoms with Crippen LogP contribution in [0.1, 0.15) is 27.2 Å². The summed E-state index contributed by atoms with van der Waals surface area (Å²) >= 11 is 0. The van der Waals surface area contributed by atoms with E-state index in [0.717, 1.165) is 19.6 Å².